The highest BCUT2D eigenvalue weighted by molar-refractivity contribution is 9.10. The zero-order valence-corrected chi connectivity index (χ0v) is 30.1. The Morgan fingerprint density at radius 3 is 2.38 bits per heavy atom. The number of anilines is 6. The number of rotatable bonds is 9. The molecule has 47 heavy (non-hydrogen) atoms. The molecule has 0 bridgehead atoms. The molecular formula is C33H43BrN10O2S. The summed E-state index contributed by atoms with van der Waals surface area (Å²) in [6.07, 6.45) is 8.40. The van der Waals surface area contributed by atoms with Crippen LogP contribution in [0.4, 0.5) is 34.5 Å². The van der Waals surface area contributed by atoms with Crippen LogP contribution < -0.4 is 20.4 Å². The summed E-state index contributed by atoms with van der Waals surface area (Å²) >= 11 is 3.56. The van der Waals surface area contributed by atoms with Crippen LogP contribution in [-0.4, -0.2) is 111 Å². The van der Waals surface area contributed by atoms with Crippen molar-refractivity contribution in [2.75, 3.05) is 87.1 Å². The largest absolute Gasteiger partial charge is 0.376 e. The van der Waals surface area contributed by atoms with Crippen LogP contribution in [0.2, 0.25) is 0 Å². The molecule has 12 nitrogen and oxygen atoms in total. The summed E-state index contributed by atoms with van der Waals surface area (Å²) < 4.78 is 25.4. The molecule has 0 amide bonds. The number of hydrogen-bond donors (Lipinski definition) is 2. The fraction of sp³-hybridized carbons (Fsp3) is 0.455. The van der Waals surface area contributed by atoms with Crippen molar-refractivity contribution in [3.63, 3.8) is 0 Å². The number of aromatic nitrogens is 4. The number of nitrogens with one attached hydrogen (secondary N) is 2. The van der Waals surface area contributed by atoms with E-state index in [1.807, 2.05) is 20.2 Å². The summed E-state index contributed by atoms with van der Waals surface area (Å²) in [6, 6.07) is 8.71. The summed E-state index contributed by atoms with van der Waals surface area (Å²) in [7, 11) is 2.94. The Hall–Kier alpha value is -3.59. The van der Waals surface area contributed by atoms with Gasteiger partial charge in [-0.3, -0.25) is 14.9 Å². The minimum atomic E-state index is -3.36. The molecule has 0 atom stereocenters. The van der Waals surface area contributed by atoms with Gasteiger partial charge in [-0.05, 0) is 72.6 Å². The van der Waals surface area contributed by atoms with Gasteiger partial charge in [-0.2, -0.15) is 4.98 Å². The number of aryl methyl sites for hydroxylation is 1. The van der Waals surface area contributed by atoms with Crippen molar-refractivity contribution >= 4 is 71.3 Å². The molecule has 2 aromatic heterocycles. The summed E-state index contributed by atoms with van der Waals surface area (Å²) in [6.45, 7) is 8.89. The van der Waals surface area contributed by atoms with Crippen LogP contribution in [0.5, 0.6) is 0 Å². The fourth-order valence-corrected chi connectivity index (χ4v) is 7.64. The van der Waals surface area contributed by atoms with Crippen LogP contribution in [0.1, 0.15) is 24.0 Å². The number of hydrogen-bond acceptors (Lipinski definition) is 12. The van der Waals surface area contributed by atoms with Gasteiger partial charge in [0.2, 0.25) is 5.95 Å². The van der Waals surface area contributed by atoms with Gasteiger partial charge in [0.1, 0.15) is 5.82 Å². The molecule has 2 N–H and O–H groups in total. The van der Waals surface area contributed by atoms with Crippen LogP contribution in [0, 0.1) is 6.92 Å². The van der Waals surface area contributed by atoms with Gasteiger partial charge in [0, 0.05) is 101 Å². The van der Waals surface area contributed by atoms with Crippen LogP contribution in [-0.2, 0) is 15.6 Å². The molecule has 6 rings (SSSR count). The van der Waals surface area contributed by atoms with Crippen molar-refractivity contribution in [1.82, 2.24) is 29.7 Å². The zero-order chi connectivity index (χ0) is 33.3. The van der Waals surface area contributed by atoms with Crippen LogP contribution in [0.15, 0.2) is 47.3 Å². The summed E-state index contributed by atoms with van der Waals surface area (Å²) in [5.74, 6) is 0.706. The van der Waals surface area contributed by atoms with Gasteiger partial charge in [0.15, 0.2) is 9.84 Å². The third-order valence-corrected chi connectivity index (χ3v) is 10.4. The standard InChI is InChI=1S/C33H43BrN10O2S/c1-22-18-28(30(41(2)3)19-29(22)44-12-8-23(9-13-44)43-16-14-42(4)15-17-43)39-33-37-20-25(34)32(40-33)38-26-6-7-27-31(36-11-10-35-27)24(26)21-47(5,45)46/h6-7,10-11,18-20,23H,8-9,12-17,21H2,1-5H3,(H2,37,38,39,40). The van der Waals surface area contributed by atoms with Gasteiger partial charge in [-0.15, -0.1) is 0 Å². The zero-order valence-electron chi connectivity index (χ0n) is 27.7. The molecule has 0 radical (unpaired) electrons. The quantitative estimate of drug-likeness (QED) is 0.247. The summed E-state index contributed by atoms with van der Waals surface area (Å²) in [4.78, 5) is 27.8. The van der Waals surface area contributed by atoms with Crippen molar-refractivity contribution in [1.29, 1.82) is 0 Å². The van der Waals surface area contributed by atoms with Crippen molar-refractivity contribution in [2.24, 2.45) is 0 Å². The number of piperidine rings is 1. The maximum atomic E-state index is 12.4. The normalized spacial score (nSPS) is 16.9. The first kappa shape index (κ1) is 33.3. The molecule has 2 fully saturated rings. The van der Waals surface area contributed by atoms with Crippen molar-refractivity contribution in [3.8, 4) is 0 Å². The van der Waals surface area contributed by atoms with E-state index in [1.165, 1.54) is 43.4 Å². The molecule has 2 aromatic carbocycles. The summed E-state index contributed by atoms with van der Waals surface area (Å²) in [5.41, 5.74) is 6.65. The third kappa shape index (κ3) is 7.77. The molecule has 4 aromatic rings. The fourth-order valence-electron chi connectivity index (χ4n) is 6.54. The Morgan fingerprint density at radius 1 is 0.957 bits per heavy atom. The smallest absolute Gasteiger partial charge is 0.229 e. The first-order chi connectivity index (χ1) is 22.4. The number of likely N-dealkylation sites (N-methyl/N-ethyl adjacent to an activating group) is 1. The predicted octanol–water partition coefficient (Wildman–Crippen LogP) is 4.80. The average molecular weight is 724 g/mol. The lowest BCUT2D eigenvalue weighted by atomic mass is 10.00. The number of piperazine rings is 1. The molecule has 2 aliphatic rings. The van der Waals surface area contributed by atoms with Crippen molar-refractivity contribution in [3.05, 3.63) is 58.5 Å². The Labute approximate surface area is 285 Å². The van der Waals surface area contributed by atoms with E-state index in [4.69, 9.17) is 4.98 Å². The van der Waals surface area contributed by atoms with Crippen molar-refractivity contribution in [2.45, 2.75) is 31.6 Å². The van der Waals surface area contributed by atoms with Gasteiger partial charge in [0.25, 0.3) is 0 Å². The molecule has 2 saturated heterocycles. The van der Waals surface area contributed by atoms with Crippen LogP contribution >= 0.6 is 15.9 Å². The number of fused-ring (bicyclic) bond motifs is 1. The topological polar surface area (TPSA) is 123 Å². The molecule has 0 saturated carbocycles. The monoisotopic (exact) mass is 722 g/mol. The Kier molecular flexibility index (Phi) is 9.83. The first-order valence-electron chi connectivity index (χ1n) is 15.9. The molecule has 0 unspecified atom stereocenters. The molecular weight excluding hydrogens is 680 g/mol. The minimum Gasteiger partial charge on any atom is -0.376 e. The second-order valence-electron chi connectivity index (χ2n) is 12.8. The Bertz CT molecular complexity index is 1860. The van der Waals surface area contributed by atoms with E-state index in [-0.39, 0.29) is 5.75 Å². The summed E-state index contributed by atoms with van der Waals surface area (Å²) in [5, 5.41) is 6.76. The highest BCUT2D eigenvalue weighted by Gasteiger charge is 2.28. The van der Waals surface area contributed by atoms with Crippen molar-refractivity contribution < 1.29 is 8.42 Å². The maximum absolute atomic E-state index is 12.4. The van der Waals surface area contributed by atoms with Gasteiger partial charge >= 0.3 is 0 Å². The SMILES string of the molecule is Cc1cc(Nc2ncc(Br)c(Nc3ccc4nccnc4c3CS(C)(=O)=O)n2)c(N(C)C)cc1N1CCC(N2CCN(C)CC2)CC1. The first-order valence-corrected chi connectivity index (χ1v) is 18.8. The van der Waals surface area contributed by atoms with Crippen LogP contribution in [0.3, 0.4) is 0 Å². The number of benzene rings is 2. The molecule has 0 spiro atoms. The number of halogens is 1. The Morgan fingerprint density at radius 2 is 1.68 bits per heavy atom. The van der Waals surface area contributed by atoms with Gasteiger partial charge in [-0.1, -0.05) is 0 Å². The molecule has 250 valence electrons. The number of sulfone groups is 1. The predicted molar refractivity (Wildman–Crippen MR) is 194 cm³/mol. The third-order valence-electron chi connectivity index (χ3n) is 9.05. The van der Waals surface area contributed by atoms with E-state index in [9.17, 15) is 8.42 Å². The van der Waals surface area contributed by atoms with E-state index >= 15 is 0 Å². The Balaban J connectivity index is 1.23. The number of nitrogens with zero attached hydrogens (tertiary/aromatic N) is 8. The second kappa shape index (κ2) is 13.9. The average Bonchev–Trinajstić information content (AvgIpc) is 3.03. The highest BCUT2D eigenvalue weighted by Crippen LogP contribution is 2.37. The van der Waals surface area contributed by atoms with E-state index in [0.29, 0.717) is 44.6 Å². The molecule has 14 heteroatoms. The lowest BCUT2D eigenvalue weighted by Crippen LogP contribution is -2.52. The minimum absolute atomic E-state index is 0.190. The van der Waals surface area contributed by atoms with E-state index in [2.05, 4.69) is 87.2 Å². The van der Waals surface area contributed by atoms with Gasteiger partial charge in [-0.25, -0.2) is 13.4 Å². The lowest BCUT2D eigenvalue weighted by molar-refractivity contribution is 0.0982. The molecule has 2 aliphatic heterocycles. The molecule has 0 aliphatic carbocycles. The van der Waals surface area contributed by atoms with E-state index in [1.54, 1.807) is 24.7 Å². The van der Waals surface area contributed by atoms with E-state index in [0.717, 1.165) is 37.6 Å². The maximum Gasteiger partial charge on any atom is 0.229 e. The second-order valence-corrected chi connectivity index (χ2v) is 15.8. The molecule has 4 heterocycles. The highest BCUT2D eigenvalue weighted by atomic mass is 79.9. The van der Waals surface area contributed by atoms with E-state index < -0.39 is 9.84 Å². The lowest BCUT2D eigenvalue weighted by Gasteiger charge is -2.43. The van der Waals surface area contributed by atoms with Crippen LogP contribution in [0.25, 0.3) is 11.0 Å². The van der Waals surface area contributed by atoms with Gasteiger partial charge in [0.05, 0.1) is 32.6 Å². The van der Waals surface area contributed by atoms with Gasteiger partial charge < -0.3 is 25.3 Å².